The molecule has 1 aromatic carbocycles. The van der Waals surface area contributed by atoms with E-state index >= 15 is 0 Å². The molecule has 2 saturated heterocycles. The summed E-state index contributed by atoms with van der Waals surface area (Å²) in [6, 6.07) is 7.03. The van der Waals surface area contributed by atoms with Crippen LogP contribution in [0.2, 0.25) is 5.02 Å². The number of anilines is 1. The Hall–Kier alpha value is -0.930. The lowest BCUT2D eigenvalue weighted by atomic mass is 10.1. The molecule has 0 saturated carbocycles. The van der Waals surface area contributed by atoms with Gasteiger partial charge in [-0.3, -0.25) is 4.90 Å². The predicted octanol–water partition coefficient (Wildman–Crippen LogP) is 3.39. The van der Waals surface area contributed by atoms with Gasteiger partial charge in [0.15, 0.2) is 0 Å². The van der Waals surface area contributed by atoms with Gasteiger partial charge in [0.25, 0.3) is 0 Å². The van der Waals surface area contributed by atoms with E-state index in [1.54, 1.807) is 0 Å². The van der Waals surface area contributed by atoms with Gasteiger partial charge in [-0.2, -0.15) is 0 Å². The average molecular weight is 281 g/mol. The van der Waals surface area contributed by atoms with Crippen LogP contribution in [0.5, 0.6) is 5.75 Å². The smallest absolute Gasteiger partial charge is 0.142 e. The third-order valence-electron chi connectivity index (χ3n) is 4.19. The lowest BCUT2D eigenvalue weighted by Gasteiger charge is -2.23. The Morgan fingerprint density at radius 2 is 2.26 bits per heavy atom. The van der Waals surface area contributed by atoms with E-state index in [4.69, 9.17) is 16.3 Å². The number of benzene rings is 1. The zero-order valence-electron chi connectivity index (χ0n) is 11.4. The van der Waals surface area contributed by atoms with E-state index in [9.17, 15) is 0 Å². The first-order valence-electron chi connectivity index (χ1n) is 7.21. The monoisotopic (exact) mass is 280 g/mol. The van der Waals surface area contributed by atoms with Gasteiger partial charge in [-0.05, 0) is 50.9 Å². The van der Waals surface area contributed by atoms with Crippen LogP contribution < -0.4 is 10.1 Å². The summed E-state index contributed by atoms with van der Waals surface area (Å²) in [5.41, 5.74) is 1.04. The van der Waals surface area contributed by atoms with Gasteiger partial charge in [0.1, 0.15) is 5.75 Å². The summed E-state index contributed by atoms with van der Waals surface area (Å²) in [7, 11) is 0. The summed E-state index contributed by atoms with van der Waals surface area (Å²) in [6.45, 7) is 5.16. The molecule has 19 heavy (non-hydrogen) atoms. The molecule has 2 heterocycles. The van der Waals surface area contributed by atoms with Crippen molar-refractivity contribution in [3.63, 3.8) is 0 Å². The Bertz CT molecular complexity index is 452. The number of ether oxygens (including phenoxy) is 1. The molecule has 0 aromatic heterocycles. The van der Waals surface area contributed by atoms with Crippen LogP contribution >= 0.6 is 11.6 Å². The van der Waals surface area contributed by atoms with Crippen molar-refractivity contribution in [2.24, 2.45) is 0 Å². The van der Waals surface area contributed by atoms with E-state index in [-0.39, 0.29) is 0 Å². The summed E-state index contributed by atoms with van der Waals surface area (Å²) >= 11 is 6.11. The maximum absolute atomic E-state index is 6.11. The standard InChI is InChI=1S/C15H21ClN2O/c1-2-19-15-6-5-11(16)10-13(15)17-12-7-9-18-8-3-4-14(12)18/h5-6,10,12,14,17H,2-4,7-9H2,1H3. The first-order chi connectivity index (χ1) is 9.28. The number of nitrogens with one attached hydrogen (secondary N) is 1. The van der Waals surface area contributed by atoms with E-state index in [0.717, 1.165) is 16.5 Å². The molecule has 1 aromatic rings. The summed E-state index contributed by atoms with van der Waals surface area (Å²) in [6.07, 6.45) is 3.85. The zero-order chi connectivity index (χ0) is 13.2. The molecule has 3 nitrogen and oxygen atoms in total. The van der Waals surface area contributed by atoms with Crippen molar-refractivity contribution in [3.8, 4) is 5.75 Å². The first-order valence-corrected chi connectivity index (χ1v) is 7.58. The molecule has 2 aliphatic rings. The number of rotatable bonds is 4. The molecule has 0 amide bonds. The molecule has 2 atom stereocenters. The fourth-order valence-electron chi connectivity index (χ4n) is 3.35. The minimum absolute atomic E-state index is 0.528. The molecule has 0 bridgehead atoms. The SMILES string of the molecule is CCOc1ccc(Cl)cc1NC1CCN2CCCC12. The molecule has 0 spiro atoms. The molecule has 2 unspecified atom stereocenters. The largest absolute Gasteiger partial charge is 0.492 e. The maximum atomic E-state index is 6.11. The summed E-state index contributed by atoms with van der Waals surface area (Å²) in [5.74, 6) is 0.906. The molecule has 104 valence electrons. The van der Waals surface area contributed by atoms with Crippen molar-refractivity contribution in [3.05, 3.63) is 23.2 Å². The predicted molar refractivity (Wildman–Crippen MR) is 79.2 cm³/mol. The van der Waals surface area contributed by atoms with Crippen LogP contribution in [-0.2, 0) is 0 Å². The Labute approximate surface area is 119 Å². The second-order valence-corrected chi connectivity index (χ2v) is 5.79. The van der Waals surface area contributed by atoms with Gasteiger partial charge in [-0.25, -0.2) is 0 Å². The quantitative estimate of drug-likeness (QED) is 0.915. The van der Waals surface area contributed by atoms with E-state index in [1.807, 2.05) is 25.1 Å². The lowest BCUT2D eigenvalue weighted by molar-refractivity contribution is 0.317. The summed E-state index contributed by atoms with van der Waals surface area (Å²) < 4.78 is 5.68. The Kier molecular flexibility index (Phi) is 3.85. The van der Waals surface area contributed by atoms with Gasteiger partial charge < -0.3 is 10.1 Å². The average Bonchev–Trinajstić information content (AvgIpc) is 2.98. The van der Waals surface area contributed by atoms with Crippen molar-refractivity contribution in [2.75, 3.05) is 25.0 Å². The van der Waals surface area contributed by atoms with Crippen molar-refractivity contribution >= 4 is 17.3 Å². The zero-order valence-corrected chi connectivity index (χ0v) is 12.1. The number of hydrogen-bond donors (Lipinski definition) is 1. The van der Waals surface area contributed by atoms with Gasteiger partial charge in [0, 0.05) is 23.7 Å². The third kappa shape index (κ3) is 2.67. The van der Waals surface area contributed by atoms with E-state index in [0.29, 0.717) is 18.7 Å². The summed E-state index contributed by atoms with van der Waals surface area (Å²) in [5, 5.41) is 4.41. The first kappa shape index (κ1) is 13.1. The number of hydrogen-bond acceptors (Lipinski definition) is 3. The van der Waals surface area contributed by atoms with Gasteiger partial charge >= 0.3 is 0 Å². The van der Waals surface area contributed by atoms with Crippen LogP contribution in [0.15, 0.2) is 18.2 Å². The molecule has 2 fully saturated rings. The van der Waals surface area contributed by atoms with Crippen LogP contribution in [0.25, 0.3) is 0 Å². The highest BCUT2D eigenvalue weighted by Crippen LogP contribution is 2.34. The Morgan fingerprint density at radius 1 is 1.37 bits per heavy atom. The van der Waals surface area contributed by atoms with Gasteiger partial charge in [0.2, 0.25) is 0 Å². The van der Waals surface area contributed by atoms with Crippen LogP contribution in [0.4, 0.5) is 5.69 Å². The van der Waals surface area contributed by atoms with Gasteiger partial charge in [-0.1, -0.05) is 11.6 Å². The van der Waals surface area contributed by atoms with E-state index < -0.39 is 0 Å². The highest BCUT2D eigenvalue weighted by Gasteiger charge is 2.37. The topological polar surface area (TPSA) is 24.5 Å². The van der Waals surface area contributed by atoms with E-state index in [1.165, 1.54) is 32.4 Å². The van der Waals surface area contributed by atoms with Gasteiger partial charge in [-0.15, -0.1) is 0 Å². The number of halogens is 1. The minimum Gasteiger partial charge on any atom is -0.492 e. The maximum Gasteiger partial charge on any atom is 0.142 e. The fraction of sp³-hybridized carbons (Fsp3) is 0.600. The molecular formula is C15H21ClN2O. The van der Waals surface area contributed by atoms with Crippen molar-refractivity contribution in [1.82, 2.24) is 4.90 Å². The van der Waals surface area contributed by atoms with E-state index in [2.05, 4.69) is 10.2 Å². The highest BCUT2D eigenvalue weighted by molar-refractivity contribution is 6.30. The summed E-state index contributed by atoms with van der Waals surface area (Å²) in [4.78, 5) is 2.60. The number of fused-ring (bicyclic) bond motifs is 1. The van der Waals surface area contributed by atoms with Crippen LogP contribution in [0.1, 0.15) is 26.2 Å². The normalized spacial score (nSPS) is 26.4. The second kappa shape index (κ2) is 5.59. The minimum atomic E-state index is 0.528. The highest BCUT2D eigenvalue weighted by atomic mass is 35.5. The fourth-order valence-corrected chi connectivity index (χ4v) is 3.52. The van der Waals surface area contributed by atoms with Crippen molar-refractivity contribution < 1.29 is 4.74 Å². The molecule has 3 rings (SSSR count). The van der Waals surface area contributed by atoms with Crippen LogP contribution in [0.3, 0.4) is 0 Å². The third-order valence-corrected chi connectivity index (χ3v) is 4.42. The Balaban J connectivity index is 1.76. The van der Waals surface area contributed by atoms with Gasteiger partial charge in [0.05, 0.1) is 12.3 Å². The molecule has 1 N–H and O–H groups in total. The number of nitrogens with zero attached hydrogens (tertiary/aromatic N) is 1. The molecule has 0 radical (unpaired) electrons. The Morgan fingerprint density at radius 3 is 3.11 bits per heavy atom. The molecule has 0 aliphatic carbocycles. The molecule has 2 aliphatic heterocycles. The molecule has 4 heteroatoms. The van der Waals surface area contributed by atoms with Crippen LogP contribution in [0, 0.1) is 0 Å². The lowest BCUT2D eigenvalue weighted by Crippen LogP contribution is -2.33. The molecular weight excluding hydrogens is 260 g/mol. The van der Waals surface area contributed by atoms with Crippen molar-refractivity contribution in [1.29, 1.82) is 0 Å². The van der Waals surface area contributed by atoms with Crippen molar-refractivity contribution in [2.45, 2.75) is 38.3 Å². The van der Waals surface area contributed by atoms with Crippen LogP contribution in [-0.4, -0.2) is 36.7 Å². The second-order valence-electron chi connectivity index (χ2n) is 5.36.